The maximum Gasteiger partial charge on any atom is 0.147 e. The molecule has 2 heterocycles. The zero-order valence-corrected chi connectivity index (χ0v) is 16.5. The van der Waals surface area contributed by atoms with Gasteiger partial charge in [-0.05, 0) is 68.8 Å². The topological polar surface area (TPSA) is 94.5 Å². The van der Waals surface area contributed by atoms with Crippen LogP contribution in [0.5, 0.6) is 5.75 Å². The van der Waals surface area contributed by atoms with Crippen molar-refractivity contribution < 1.29 is 24.1 Å². The van der Waals surface area contributed by atoms with Crippen LogP contribution in [0.15, 0.2) is 24.4 Å². The summed E-state index contributed by atoms with van der Waals surface area (Å²) in [6.07, 6.45) is 1.92. The first-order valence-electron chi connectivity index (χ1n) is 9.20. The van der Waals surface area contributed by atoms with E-state index >= 15 is 0 Å². The summed E-state index contributed by atoms with van der Waals surface area (Å²) in [6.45, 7) is 1.44. The Morgan fingerprint density at radius 1 is 1.46 bits per heavy atom. The number of fused-ring (bicyclic) bond motifs is 1. The number of hydrogen-bond acceptors (Lipinski definition) is 6. The highest BCUT2D eigenvalue weighted by molar-refractivity contribution is 5.85. The van der Waals surface area contributed by atoms with E-state index in [2.05, 4.69) is 10.3 Å². The first kappa shape index (κ1) is 22.3. The number of carbonyl (C=O) groups is 1. The number of piperidine rings is 1. The number of carboxylic acids is 1. The van der Waals surface area contributed by atoms with Crippen LogP contribution in [0.3, 0.4) is 0 Å². The zero-order chi connectivity index (χ0) is 19.4. The predicted molar refractivity (Wildman–Crippen MR) is 104 cm³/mol. The number of carbonyl (C=O) groups excluding carboxylic acids is 1. The molecule has 3 atom stereocenters. The van der Waals surface area contributed by atoms with Crippen LogP contribution in [0.4, 0.5) is 4.39 Å². The van der Waals surface area contributed by atoms with Gasteiger partial charge in [0, 0.05) is 16.9 Å². The number of nitrogens with zero attached hydrogens (tertiary/aromatic N) is 1. The highest BCUT2D eigenvalue weighted by Crippen LogP contribution is 2.34. The van der Waals surface area contributed by atoms with Crippen molar-refractivity contribution in [1.29, 1.82) is 0 Å². The molecule has 154 valence electrons. The number of methoxy groups -OCH3 is 1. The monoisotopic (exact) mass is 411 g/mol. The van der Waals surface area contributed by atoms with E-state index in [4.69, 9.17) is 4.74 Å². The fourth-order valence-electron chi connectivity index (χ4n) is 3.96. The van der Waals surface area contributed by atoms with E-state index in [9.17, 15) is 19.4 Å². The lowest BCUT2D eigenvalue weighted by Gasteiger charge is -2.33. The Hall–Kier alpha value is -1.96. The molecule has 0 saturated carbocycles. The second-order valence-corrected chi connectivity index (χ2v) is 7.09. The highest BCUT2D eigenvalue weighted by Gasteiger charge is 2.27. The van der Waals surface area contributed by atoms with Crippen LogP contribution in [-0.4, -0.2) is 36.3 Å². The summed E-state index contributed by atoms with van der Waals surface area (Å²) in [5.74, 6) is -0.928. The van der Waals surface area contributed by atoms with Crippen molar-refractivity contribution in [3.05, 3.63) is 35.8 Å². The molecule has 28 heavy (non-hydrogen) atoms. The molecule has 2 aromatic rings. The van der Waals surface area contributed by atoms with Gasteiger partial charge in [0.25, 0.3) is 0 Å². The maximum atomic E-state index is 14.5. The van der Waals surface area contributed by atoms with Gasteiger partial charge in [0.05, 0.1) is 24.9 Å². The van der Waals surface area contributed by atoms with E-state index in [0.29, 0.717) is 36.0 Å². The number of nitrogens with one attached hydrogen (secondary N) is 1. The number of ether oxygens (including phenoxy) is 1. The smallest absolute Gasteiger partial charge is 0.147 e. The van der Waals surface area contributed by atoms with Crippen molar-refractivity contribution >= 4 is 29.3 Å². The average Bonchev–Trinajstić information content (AvgIpc) is 2.66. The van der Waals surface area contributed by atoms with E-state index < -0.39 is 17.9 Å². The lowest BCUT2D eigenvalue weighted by Crippen LogP contribution is -2.40. The number of pyridine rings is 1. The van der Waals surface area contributed by atoms with Gasteiger partial charge in [-0.2, -0.15) is 0 Å². The summed E-state index contributed by atoms with van der Waals surface area (Å²) in [6, 6.07) is 5.14. The van der Waals surface area contributed by atoms with Gasteiger partial charge in [-0.1, -0.05) is 0 Å². The number of halogens is 2. The summed E-state index contributed by atoms with van der Waals surface area (Å²) in [4.78, 5) is 15.0. The maximum absolute atomic E-state index is 14.5. The fourth-order valence-corrected chi connectivity index (χ4v) is 3.96. The Bertz CT molecular complexity index is 820. The van der Waals surface area contributed by atoms with Crippen molar-refractivity contribution in [2.24, 2.45) is 11.8 Å². The molecule has 1 saturated heterocycles. The van der Waals surface area contributed by atoms with Crippen molar-refractivity contribution in [3.8, 4) is 5.75 Å². The summed E-state index contributed by atoms with van der Waals surface area (Å²) in [5, 5.41) is 25.4. The minimum Gasteiger partial charge on any atom is -0.550 e. The average molecular weight is 412 g/mol. The predicted octanol–water partition coefficient (Wildman–Crippen LogP) is 1.98. The quantitative estimate of drug-likeness (QED) is 0.723. The molecule has 0 amide bonds. The SMILES string of the molecule is COc1ccc2ncc(F)c(C(O)CCC3CCNCC3CC(=O)[O-])c2c1.Cl. The summed E-state index contributed by atoms with van der Waals surface area (Å²) in [7, 11) is 1.53. The fraction of sp³-hybridized carbons (Fsp3) is 0.500. The number of benzene rings is 1. The molecule has 1 aliphatic rings. The molecule has 1 fully saturated rings. The Kier molecular flexibility index (Phi) is 7.98. The Morgan fingerprint density at radius 2 is 2.25 bits per heavy atom. The van der Waals surface area contributed by atoms with Gasteiger partial charge < -0.3 is 25.1 Å². The summed E-state index contributed by atoms with van der Waals surface area (Å²) < 4.78 is 19.7. The second kappa shape index (κ2) is 10.0. The normalized spacial score (nSPS) is 20.4. The molecule has 8 heteroatoms. The first-order chi connectivity index (χ1) is 13.0. The molecule has 0 radical (unpaired) electrons. The van der Waals surface area contributed by atoms with Gasteiger partial charge in [0.1, 0.15) is 11.6 Å². The van der Waals surface area contributed by atoms with Crippen LogP contribution in [-0.2, 0) is 4.79 Å². The van der Waals surface area contributed by atoms with Crippen molar-refractivity contribution in [2.45, 2.75) is 31.8 Å². The Labute approximate surface area is 169 Å². The molecule has 2 N–H and O–H groups in total. The first-order valence-corrected chi connectivity index (χ1v) is 9.20. The van der Waals surface area contributed by atoms with Crippen LogP contribution in [0.25, 0.3) is 10.9 Å². The molecule has 1 aromatic carbocycles. The molecule has 0 aliphatic carbocycles. The number of aliphatic hydroxyl groups excluding tert-OH is 1. The third kappa shape index (κ3) is 5.10. The molecule has 0 bridgehead atoms. The highest BCUT2D eigenvalue weighted by atomic mass is 35.5. The summed E-state index contributed by atoms with van der Waals surface area (Å²) >= 11 is 0. The molecule has 0 spiro atoms. The van der Waals surface area contributed by atoms with Crippen LogP contribution in [0.1, 0.15) is 37.4 Å². The number of rotatable bonds is 7. The second-order valence-electron chi connectivity index (χ2n) is 7.09. The Balaban J connectivity index is 0.00000280. The lowest BCUT2D eigenvalue weighted by molar-refractivity contribution is -0.307. The molecular formula is C20H25ClFN2O4-. The zero-order valence-electron chi connectivity index (χ0n) is 15.7. The van der Waals surface area contributed by atoms with Crippen LogP contribution < -0.4 is 15.2 Å². The van der Waals surface area contributed by atoms with Gasteiger partial charge >= 0.3 is 0 Å². The van der Waals surface area contributed by atoms with E-state index in [1.54, 1.807) is 18.2 Å². The van der Waals surface area contributed by atoms with Gasteiger partial charge in [0.15, 0.2) is 0 Å². The van der Waals surface area contributed by atoms with E-state index in [1.807, 2.05) is 0 Å². The molecule has 6 nitrogen and oxygen atoms in total. The summed E-state index contributed by atoms with van der Waals surface area (Å²) in [5.41, 5.74) is 0.798. The molecule has 3 unspecified atom stereocenters. The lowest BCUT2D eigenvalue weighted by atomic mass is 9.80. The van der Waals surface area contributed by atoms with Gasteiger partial charge in [0.2, 0.25) is 0 Å². The van der Waals surface area contributed by atoms with E-state index in [0.717, 1.165) is 19.2 Å². The van der Waals surface area contributed by atoms with Gasteiger partial charge in [-0.15, -0.1) is 12.4 Å². The number of aliphatic hydroxyl groups is 1. The Morgan fingerprint density at radius 3 is 2.96 bits per heavy atom. The van der Waals surface area contributed by atoms with Crippen molar-refractivity contribution in [3.63, 3.8) is 0 Å². The van der Waals surface area contributed by atoms with Crippen LogP contribution in [0.2, 0.25) is 0 Å². The number of hydrogen-bond donors (Lipinski definition) is 2. The molecule has 1 aromatic heterocycles. The van der Waals surface area contributed by atoms with E-state index in [-0.39, 0.29) is 36.2 Å². The van der Waals surface area contributed by atoms with Crippen molar-refractivity contribution in [2.75, 3.05) is 20.2 Å². The van der Waals surface area contributed by atoms with Crippen molar-refractivity contribution in [1.82, 2.24) is 10.3 Å². The standard InChI is InChI=1S/C20H25FN2O4.ClH/c1-27-14-3-4-17-15(9-14)20(16(21)11-23-17)18(24)5-2-12-6-7-22-10-13(12)8-19(25)26;/h3-4,9,11-13,18,22,24H,2,5-8,10H2,1H3,(H,25,26);1H/p-1. The van der Waals surface area contributed by atoms with E-state index in [1.165, 1.54) is 7.11 Å². The van der Waals surface area contributed by atoms with Gasteiger partial charge in [-0.3, -0.25) is 4.98 Å². The third-order valence-electron chi connectivity index (χ3n) is 5.41. The van der Waals surface area contributed by atoms with Crippen LogP contribution in [0, 0.1) is 17.7 Å². The number of aromatic nitrogens is 1. The van der Waals surface area contributed by atoms with Crippen LogP contribution >= 0.6 is 12.4 Å². The molecular weight excluding hydrogens is 387 g/mol. The molecule has 3 rings (SSSR count). The molecule has 1 aliphatic heterocycles. The third-order valence-corrected chi connectivity index (χ3v) is 5.41. The largest absolute Gasteiger partial charge is 0.550 e. The number of aliphatic carboxylic acids is 1. The minimum absolute atomic E-state index is 0. The minimum atomic E-state index is -1.06. The van der Waals surface area contributed by atoms with Gasteiger partial charge in [-0.25, -0.2) is 4.39 Å². The number of carboxylic acid groups (broad SMARTS) is 1.